The van der Waals surface area contributed by atoms with E-state index in [4.69, 9.17) is 0 Å². The van der Waals surface area contributed by atoms with Crippen molar-refractivity contribution in [3.8, 4) is 33.9 Å². The molecule has 6 aromatic rings. The second-order valence-electron chi connectivity index (χ2n) is 6.95. The third-order valence-electron chi connectivity index (χ3n) is 5.02. The molecular formula is C21H15N9. The Labute approximate surface area is 169 Å². The van der Waals surface area contributed by atoms with E-state index in [-0.39, 0.29) is 0 Å². The summed E-state index contributed by atoms with van der Waals surface area (Å²) in [5.74, 6) is 0.647. The summed E-state index contributed by atoms with van der Waals surface area (Å²) in [4.78, 5) is 21.4. The van der Waals surface area contributed by atoms with Crippen LogP contribution in [0.25, 0.3) is 56.1 Å². The first-order valence-electron chi connectivity index (χ1n) is 9.36. The van der Waals surface area contributed by atoms with Gasteiger partial charge in [0.15, 0.2) is 17.1 Å². The van der Waals surface area contributed by atoms with Crippen LogP contribution in [-0.2, 0) is 7.05 Å². The van der Waals surface area contributed by atoms with Crippen LogP contribution in [0.5, 0.6) is 0 Å². The molecule has 0 aliphatic heterocycles. The Morgan fingerprint density at radius 1 is 0.933 bits per heavy atom. The topological polar surface area (TPSA) is 114 Å². The van der Waals surface area contributed by atoms with Gasteiger partial charge >= 0.3 is 0 Å². The van der Waals surface area contributed by atoms with Crippen molar-refractivity contribution in [1.29, 1.82) is 0 Å². The SMILES string of the molecule is Cn1cc(-c2cnc3n[nH]c(-c4nc5nccc(-c6ccccn6)c5[nH]4)c3c2)cn1. The number of aromatic amines is 2. The Bertz CT molecular complexity index is 1510. The van der Waals surface area contributed by atoms with Crippen molar-refractivity contribution in [2.24, 2.45) is 7.05 Å². The molecule has 0 aliphatic rings. The maximum atomic E-state index is 4.69. The number of imidazole rings is 1. The van der Waals surface area contributed by atoms with Crippen LogP contribution in [0.3, 0.4) is 0 Å². The molecule has 30 heavy (non-hydrogen) atoms. The number of nitrogens with zero attached hydrogens (tertiary/aromatic N) is 7. The average Bonchev–Trinajstić information content (AvgIpc) is 3.50. The van der Waals surface area contributed by atoms with Crippen LogP contribution < -0.4 is 0 Å². The van der Waals surface area contributed by atoms with Gasteiger partial charge < -0.3 is 4.98 Å². The molecule has 144 valence electrons. The Hall–Kier alpha value is -4.40. The van der Waals surface area contributed by atoms with Gasteiger partial charge in [0.2, 0.25) is 0 Å². The predicted molar refractivity (Wildman–Crippen MR) is 112 cm³/mol. The number of hydrogen-bond donors (Lipinski definition) is 2. The van der Waals surface area contributed by atoms with E-state index in [9.17, 15) is 0 Å². The fourth-order valence-corrected chi connectivity index (χ4v) is 3.57. The standard InChI is InChI=1S/C21H15N9/c1-30-11-13(10-25-30)12-8-15-18(28-29-19(15)24-9-12)21-26-17-14(5-7-23-20(17)27-21)16-4-2-3-6-22-16/h2-11H,1H3,(H,23,26,27)(H,24,28,29). The number of aryl methyl sites for hydroxylation is 1. The lowest BCUT2D eigenvalue weighted by atomic mass is 10.1. The molecule has 0 saturated carbocycles. The molecule has 0 fully saturated rings. The Balaban J connectivity index is 1.52. The summed E-state index contributed by atoms with van der Waals surface area (Å²) in [5, 5.41) is 12.5. The zero-order valence-electron chi connectivity index (χ0n) is 15.9. The lowest BCUT2D eigenvalue weighted by Crippen LogP contribution is -1.85. The summed E-state index contributed by atoms with van der Waals surface area (Å²) >= 11 is 0. The van der Waals surface area contributed by atoms with Gasteiger partial charge in [-0.15, -0.1) is 0 Å². The fraction of sp³-hybridized carbons (Fsp3) is 0.0476. The molecule has 0 amide bonds. The van der Waals surface area contributed by atoms with Crippen LogP contribution in [-0.4, -0.2) is 44.9 Å². The van der Waals surface area contributed by atoms with Crippen molar-refractivity contribution in [2.75, 3.05) is 0 Å². The number of fused-ring (bicyclic) bond motifs is 2. The first kappa shape index (κ1) is 16.5. The first-order valence-corrected chi connectivity index (χ1v) is 9.36. The zero-order chi connectivity index (χ0) is 20.1. The van der Waals surface area contributed by atoms with E-state index in [0.29, 0.717) is 17.1 Å². The molecular weight excluding hydrogens is 378 g/mol. The third kappa shape index (κ3) is 2.56. The van der Waals surface area contributed by atoms with Crippen molar-refractivity contribution in [3.05, 3.63) is 61.3 Å². The van der Waals surface area contributed by atoms with Gasteiger partial charge in [0, 0.05) is 48.5 Å². The van der Waals surface area contributed by atoms with Crippen molar-refractivity contribution in [1.82, 2.24) is 44.9 Å². The molecule has 6 heterocycles. The normalized spacial score (nSPS) is 11.5. The first-order chi connectivity index (χ1) is 14.8. The largest absolute Gasteiger partial charge is 0.335 e. The Morgan fingerprint density at radius 3 is 2.73 bits per heavy atom. The quantitative estimate of drug-likeness (QED) is 0.477. The lowest BCUT2D eigenvalue weighted by Gasteiger charge is -2.00. The zero-order valence-corrected chi connectivity index (χ0v) is 15.9. The molecule has 0 unspecified atom stereocenters. The predicted octanol–water partition coefficient (Wildman–Crippen LogP) is 3.36. The second-order valence-corrected chi connectivity index (χ2v) is 6.95. The van der Waals surface area contributed by atoms with E-state index in [0.717, 1.165) is 39.0 Å². The second kappa shape index (κ2) is 6.31. The van der Waals surface area contributed by atoms with E-state index < -0.39 is 0 Å². The molecule has 6 aromatic heterocycles. The summed E-state index contributed by atoms with van der Waals surface area (Å²) < 4.78 is 1.76. The van der Waals surface area contributed by atoms with Crippen LogP contribution in [0.4, 0.5) is 0 Å². The van der Waals surface area contributed by atoms with Gasteiger partial charge in [-0.25, -0.2) is 15.0 Å². The summed E-state index contributed by atoms with van der Waals surface area (Å²) in [7, 11) is 1.89. The van der Waals surface area contributed by atoms with E-state index in [1.807, 2.05) is 49.8 Å². The summed E-state index contributed by atoms with van der Waals surface area (Å²) in [6.07, 6.45) is 9.07. The minimum atomic E-state index is 0.618. The summed E-state index contributed by atoms with van der Waals surface area (Å²) in [6.45, 7) is 0. The number of aromatic nitrogens is 9. The van der Waals surface area contributed by atoms with Gasteiger partial charge in [0.1, 0.15) is 5.69 Å². The molecule has 9 nitrogen and oxygen atoms in total. The van der Waals surface area contributed by atoms with Crippen LogP contribution in [0.2, 0.25) is 0 Å². The molecule has 2 N–H and O–H groups in total. The van der Waals surface area contributed by atoms with E-state index in [2.05, 4.69) is 40.2 Å². The molecule has 0 aliphatic carbocycles. The third-order valence-corrected chi connectivity index (χ3v) is 5.02. The lowest BCUT2D eigenvalue weighted by molar-refractivity contribution is 0.768. The Morgan fingerprint density at radius 2 is 1.90 bits per heavy atom. The fourth-order valence-electron chi connectivity index (χ4n) is 3.57. The highest BCUT2D eigenvalue weighted by atomic mass is 15.2. The van der Waals surface area contributed by atoms with Gasteiger partial charge in [0.25, 0.3) is 0 Å². The maximum absolute atomic E-state index is 4.69. The van der Waals surface area contributed by atoms with Crippen LogP contribution in [0.1, 0.15) is 0 Å². The number of pyridine rings is 3. The maximum Gasteiger partial charge on any atom is 0.181 e. The highest BCUT2D eigenvalue weighted by Crippen LogP contribution is 2.31. The van der Waals surface area contributed by atoms with Crippen molar-refractivity contribution < 1.29 is 0 Å². The van der Waals surface area contributed by atoms with Gasteiger partial charge in [-0.05, 0) is 24.3 Å². The number of nitrogens with one attached hydrogen (secondary N) is 2. The monoisotopic (exact) mass is 393 g/mol. The molecule has 0 saturated heterocycles. The molecule has 0 aromatic carbocycles. The molecule has 9 heteroatoms. The number of rotatable bonds is 3. The highest BCUT2D eigenvalue weighted by molar-refractivity contribution is 5.95. The molecule has 0 bridgehead atoms. The van der Waals surface area contributed by atoms with Crippen LogP contribution >= 0.6 is 0 Å². The van der Waals surface area contributed by atoms with Crippen LogP contribution in [0, 0.1) is 0 Å². The minimum absolute atomic E-state index is 0.618. The summed E-state index contributed by atoms with van der Waals surface area (Å²) in [6, 6.07) is 9.78. The van der Waals surface area contributed by atoms with E-state index >= 15 is 0 Å². The average molecular weight is 393 g/mol. The van der Waals surface area contributed by atoms with E-state index in [1.165, 1.54) is 0 Å². The van der Waals surface area contributed by atoms with Crippen LogP contribution in [0.15, 0.2) is 61.3 Å². The smallest absolute Gasteiger partial charge is 0.181 e. The van der Waals surface area contributed by atoms with Gasteiger partial charge in [-0.1, -0.05) is 6.07 Å². The minimum Gasteiger partial charge on any atom is -0.335 e. The Kier molecular flexibility index (Phi) is 3.48. The molecule has 0 spiro atoms. The highest BCUT2D eigenvalue weighted by Gasteiger charge is 2.17. The van der Waals surface area contributed by atoms with Gasteiger partial charge in [-0.3, -0.25) is 14.8 Å². The van der Waals surface area contributed by atoms with E-state index in [1.54, 1.807) is 23.3 Å². The van der Waals surface area contributed by atoms with Gasteiger partial charge in [0.05, 0.1) is 22.8 Å². The van der Waals surface area contributed by atoms with Crippen molar-refractivity contribution >= 4 is 22.2 Å². The number of H-pyrrole nitrogens is 2. The van der Waals surface area contributed by atoms with Gasteiger partial charge in [-0.2, -0.15) is 10.2 Å². The molecule has 0 radical (unpaired) electrons. The molecule has 0 atom stereocenters. The van der Waals surface area contributed by atoms with Crippen molar-refractivity contribution in [3.63, 3.8) is 0 Å². The number of hydrogen-bond acceptors (Lipinski definition) is 6. The van der Waals surface area contributed by atoms with Crippen molar-refractivity contribution in [2.45, 2.75) is 0 Å². The summed E-state index contributed by atoms with van der Waals surface area (Å²) in [5.41, 5.74) is 6.57. The molecule has 6 rings (SSSR count).